The number of carbonyl (C=O) groups is 1. The Bertz CT molecular complexity index is 578. The zero-order valence-electron chi connectivity index (χ0n) is 11.2. The van der Waals surface area contributed by atoms with E-state index in [9.17, 15) is 9.18 Å². The molecule has 2 atom stereocenters. The molecule has 4 rings (SSSR count). The van der Waals surface area contributed by atoms with Crippen molar-refractivity contribution in [3.05, 3.63) is 53.4 Å². The van der Waals surface area contributed by atoms with Crippen LogP contribution >= 0.6 is 0 Å². The van der Waals surface area contributed by atoms with E-state index in [2.05, 4.69) is 13.8 Å². The van der Waals surface area contributed by atoms with Gasteiger partial charge in [0.1, 0.15) is 5.82 Å². The van der Waals surface area contributed by atoms with Crippen LogP contribution in [0.2, 0.25) is 0 Å². The summed E-state index contributed by atoms with van der Waals surface area (Å²) >= 11 is 0. The van der Waals surface area contributed by atoms with Crippen molar-refractivity contribution in [2.24, 2.45) is 17.3 Å². The summed E-state index contributed by atoms with van der Waals surface area (Å²) in [4.78, 5) is 12.0. The molecule has 2 heteroatoms. The highest BCUT2D eigenvalue weighted by Gasteiger charge is 2.54. The van der Waals surface area contributed by atoms with Crippen LogP contribution in [0.3, 0.4) is 0 Å². The molecule has 0 unspecified atom stereocenters. The molecule has 0 saturated heterocycles. The third-order valence-corrected chi connectivity index (χ3v) is 4.66. The van der Waals surface area contributed by atoms with Gasteiger partial charge in [-0.2, -0.15) is 0 Å². The largest absolute Gasteiger partial charge is 0.295 e. The van der Waals surface area contributed by atoms with Crippen molar-refractivity contribution in [1.82, 2.24) is 0 Å². The summed E-state index contributed by atoms with van der Waals surface area (Å²) in [5.74, 6) is 0.714. The van der Waals surface area contributed by atoms with Gasteiger partial charge in [0.05, 0.1) is 0 Å². The Morgan fingerprint density at radius 2 is 1.84 bits per heavy atom. The number of hydrogen-bond donors (Lipinski definition) is 0. The SMILES string of the molecule is CC1(C)[C@@H]2C[C@H]1C(C=Cc1ccc(F)cc1)=CC2=O. The Morgan fingerprint density at radius 1 is 1.16 bits per heavy atom. The van der Waals surface area contributed by atoms with Crippen LogP contribution in [0.5, 0.6) is 0 Å². The highest BCUT2D eigenvalue weighted by atomic mass is 19.1. The van der Waals surface area contributed by atoms with Crippen molar-refractivity contribution in [3.8, 4) is 0 Å². The molecule has 0 radical (unpaired) electrons. The van der Waals surface area contributed by atoms with Crippen molar-refractivity contribution < 1.29 is 9.18 Å². The van der Waals surface area contributed by atoms with Gasteiger partial charge in [-0.25, -0.2) is 4.39 Å². The molecule has 98 valence electrons. The first kappa shape index (κ1) is 12.3. The van der Waals surface area contributed by atoms with E-state index in [0.717, 1.165) is 17.6 Å². The minimum Gasteiger partial charge on any atom is -0.295 e. The standard InChI is InChI=1S/C17H17FO/c1-17(2)14-10-15(17)16(19)9-12(14)6-3-11-4-7-13(18)8-5-11/h3-9,14-15H,10H2,1-2H3/t14-,15+/m0/s1. The van der Waals surface area contributed by atoms with E-state index in [1.807, 2.05) is 12.2 Å². The third-order valence-electron chi connectivity index (χ3n) is 4.66. The van der Waals surface area contributed by atoms with E-state index in [0.29, 0.717) is 5.92 Å². The first-order valence-electron chi connectivity index (χ1n) is 6.67. The molecule has 1 saturated carbocycles. The summed E-state index contributed by atoms with van der Waals surface area (Å²) in [5, 5.41) is 0. The predicted octanol–water partition coefficient (Wildman–Crippen LogP) is 4.01. The van der Waals surface area contributed by atoms with Crippen molar-refractivity contribution in [2.75, 3.05) is 0 Å². The summed E-state index contributed by atoms with van der Waals surface area (Å²) in [6, 6.07) is 6.38. The van der Waals surface area contributed by atoms with Gasteiger partial charge in [0.2, 0.25) is 0 Å². The molecule has 1 aromatic rings. The number of fused-ring (bicyclic) bond motifs is 1. The smallest absolute Gasteiger partial charge is 0.159 e. The lowest BCUT2D eigenvalue weighted by Gasteiger charge is -2.54. The van der Waals surface area contributed by atoms with E-state index in [-0.39, 0.29) is 22.9 Å². The maximum atomic E-state index is 12.8. The average Bonchev–Trinajstić information content (AvgIpc) is 2.37. The predicted molar refractivity (Wildman–Crippen MR) is 73.9 cm³/mol. The van der Waals surface area contributed by atoms with Crippen molar-refractivity contribution in [2.45, 2.75) is 20.3 Å². The van der Waals surface area contributed by atoms with Crippen LogP contribution in [0.25, 0.3) is 6.08 Å². The zero-order valence-corrected chi connectivity index (χ0v) is 11.2. The normalized spacial score (nSPS) is 28.2. The molecular weight excluding hydrogens is 239 g/mol. The van der Waals surface area contributed by atoms with Gasteiger partial charge < -0.3 is 0 Å². The van der Waals surface area contributed by atoms with Crippen LogP contribution in [-0.2, 0) is 4.79 Å². The van der Waals surface area contributed by atoms with Gasteiger partial charge in [0, 0.05) is 5.92 Å². The Labute approximate surface area is 112 Å². The van der Waals surface area contributed by atoms with E-state index in [1.54, 1.807) is 18.2 Å². The Balaban J connectivity index is 1.84. The average molecular weight is 256 g/mol. The van der Waals surface area contributed by atoms with Crippen LogP contribution in [0.4, 0.5) is 4.39 Å². The maximum Gasteiger partial charge on any atom is 0.159 e. The molecule has 0 aromatic heterocycles. The molecule has 0 N–H and O–H groups in total. The number of carbonyl (C=O) groups excluding carboxylic acids is 1. The topological polar surface area (TPSA) is 17.1 Å². The Kier molecular flexibility index (Phi) is 2.70. The van der Waals surface area contributed by atoms with Gasteiger partial charge in [-0.05, 0) is 47.1 Å². The molecule has 0 amide bonds. The highest BCUT2D eigenvalue weighted by molar-refractivity contribution is 5.96. The van der Waals surface area contributed by atoms with Crippen LogP contribution < -0.4 is 0 Å². The first-order chi connectivity index (χ1) is 8.98. The van der Waals surface area contributed by atoms with Crippen molar-refractivity contribution >= 4 is 11.9 Å². The van der Waals surface area contributed by atoms with Gasteiger partial charge >= 0.3 is 0 Å². The molecule has 2 bridgehead atoms. The van der Waals surface area contributed by atoms with Crippen LogP contribution in [-0.4, -0.2) is 5.78 Å². The summed E-state index contributed by atoms with van der Waals surface area (Å²) in [5.41, 5.74) is 2.16. The third kappa shape index (κ3) is 1.95. The molecule has 3 aliphatic rings. The van der Waals surface area contributed by atoms with E-state index in [1.165, 1.54) is 12.1 Å². The van der Waals surface area contributed by atoms with Crippen molar-refractivity contribution in [1.29, 1.82) is 0 Å². The van der Waals surface area contributed by atoms with Gasteiger partial charge in [0.25, 0.3) is 0 Å². The number of halogens is 1. The fourth-order valence-electron chi connectivity index (χ4n) is 3.27. The molecule has 0 heterocycles. The molecule has 19 heavy (non-hydrogen) atoms. The van der Waals surface area contributed by atoms with E-state index < -0.39 is 0 Å². The minimum atomic E-state index is -0.229. The van der Waals surface area contributed by atoms with Gasteiger partial charge in [-0.3, -0.25) is 4.79 Å². The van der Waals surface area contributed by atoms with E-state index >= 15 is 0 Å². The van der Waals surface area contributed by atoms with Crippen LogP contribution in [0.15, 0.2) is 42.0 Å². The van der Waals surface area contributed by atoms with E-state index in [4.69, 9.17) is 0 Å². The molecule has 1 aromatic carbocycles. The number of benzene rings is 1. The second-order valence-electron chi connectivity index (χ2n) is 6.09. The number of hydrogen-bond acceptors (Lipinski definition) is 1. The van der Waals surface area contributed by atoms with Crippen molar-refractivity contribution in [3.63, 3.8) is 0 Å². The van der Waals surface area contributed by atoms with Gasteiger partial charge in [-0.1, -0.05) is 38.1 Å². The summed E-state index contributed by atoms with van der Waals surface area (Å²) in [7, 11) is 0. The fourth-order valence-corrected chi connectivity index (χ4v) is 3.27. The maximum absolute atomic E-state index is 12.8. The Morgan fingerprint density at radius 3 is 2.42 bits per heavy atom. The summed E-state index contributed by atoms with van der Waals surface area (Å²) in [6.07, 6.45) is 6.72. The summed E-state index contributed by atoms with van der Waals surface area (Å²) < 4.78 is 12.8. The second-order valence-corrected chi connectivity index (χ2v) is 6.09. The van der Waals surface area contributed by atoms with Gasteiger partial charge in [0.15, 0.2) is 5.78 Å². The molecular formula is C17H17FO. The number of allylic oxidation sites excluding steroid dienone is 3. The lowest BCUT2D eigenvalue weighted by molar-refractivity contribution is -0.133. The van der Waals surface area contributed by atoms with Crippen LogP contribution in [0, 0.1) is 23.1 Å². The molecule has 0 spiro atoms. The number of rotatable bonds is 2. The molecule has 3 aliphatic carbocycles. The summed E-state index contributed by atoms with van der Waals surface area (Å²) in [6.45, 7) is 4.34. The first-order valence-corrected chi connectivity index (χ1v) is 6.67. The number of ketones is 1. The van der Waals surface area contributed by atoms with Crippen LogP contribution in [0.1, 0.15) is 25.8 Å². The Hall–Kier alpha value is -1.70. The quantitative estimate of drug-likeness (QED) is 0.781. The molecule has 1 nitrogen and oxygen atoms in total. The van der Waals surface area contributed by atoms with Gasteiger partial charge in [-0.15, -0.1) is 0 Å². The second kappa shape index (κ2) is 4.16. The lowest BCUT2D eigenvalue weighted by atomic mass is 9.48. The fraction of sp³-hybridized carbons (Fsp3) is 0.353. The highest BCUT2D eigenvalue weighted by Crippen LogP contribution is 2.58. The zero-order chi connectivity index (χ0) is 13.6. The molecule has 1 fully saturated rings. The minimum absolute atomic E-state index is 0.0916. The lowest BCUT2D eigenvalue weighted by Crippen LogP contribution is -2.52. The monoisotopic (exact) mass is 256 g/mol. The molecule has 0 aliphatic heterocycles.